The molecular weight excluding hydrogens is 467 g/mol. The number of ether oxygens (including phenoxy) is 2. The number of hydrogen-bond donors (Lipinski definition) is 1. The number of methoxy groups -OCH3 is 1. The lowest BCUT2D eigenvalue weighted by Crippen LogP contribution is -2.50. The third kappa shape index (κ3) is 6.41. The van der Waals surface area contributed by atoms with Gasteiger partial charge in [0.25, 0.3) is 0 Å². The monoisotopic (exact) mass is 506 g/mol. The van der Waals surface area contributed by atoms with Crippen molar-refractivity contribution in [1.82, 2.24) is 10.2 Å². The van der Waals surface area contributed by atoms with E-state index >= 15 is 0 Å². The summed E-state index contributed by atoms with van der Waals surface area (Å²) in [6, 6.07) is 6.01. The predicted molar refractivity (Wildman–Crippen MR) is 135 cm³/mol. The molecule has 1 saturated heterocycles. The quantitative estimate of drug-likeness (QED) is 0.310. The highest BCUT2D eigenvalue weighted by Gasteiger charge is 2.41. The van der Waals surface area contributed by atoms with Crippen molar-refractivity contribution >= 4 is 13.6 Å². The number of carbonyl (C=O) groups is 1. The van der Waals surface area contributed by atoms with E-state index in [2.05, 4.69) is 17.4 Å². The Bertz CT molecular complexity index is 944. The van der Waals surface area contributed by atoms with Crippen LogP contribution >= 0.6 is 7.60 Å². The molecule has 1 unspecified atom stereocenters. The summed E-state index contributed by atoms with van der Waals surface area (Å²) in [7, 11) is -1.45. The van der Waals surface area contributed by atoms with Gasteiger partial charge in [0.1, 0.15) is 6.10 Å². The second-order valence-corrected chi connectivity index (χ2v) is 11.7. The summed E-state index contributed by atoms with van der Waals surface area (Å²) in [5, 5.41) is 3.00. The summed E-state index contributed by atoms with van der Waals surface area (Å²) in [4.78, 5) is 14.2. The Morgan fingerprint density at radius 1 is 1.11 bits per heavy atom. The van der Waals surface area contributed by atoms with Gasteiger partial charge in [0.15, 0.2) is 11.5 Å². The number of benzene rings is 1. The van der Waals surface area contributed by atoms with Crippen LogP contribution in [0.1, 0.15) is 51.0 Å². The fourth-order valence-electron chi connectivity index (χ4n) is 5.59. The number of fused-ring (bicyclic) bond motifs is 2. The summed E-state index contributed by atoms with van der Waals surface area (Å²) in [6.07, 6.45) is 9.11. The van der Waals surface area contributed by atoms with Gasteiger partial charge in [-0.15, -0.1) is 0 Å². The van der Waals surface area contributed by atoms with Crippen LogP contribution in [0.25, 0.3) is 0 Å². The third-order valence-electron chi connectivity index (χ3n) is 7.31. The van der Waals surface area contributed by atoms with E-state index in [1.54, 1.807) is 31.9 Å². The van der Waals surface area contributed by atoms with Gasteiger partial charge in [0.2, 0.25) is 0 Å². The minimum absolute atomic E-state index is 0.101. The number of nitrogens with one attached hydrogen (secondary N) is 1. The Kier molecular flexibility index (Phi) is 8.79. The molecule has 0 spiro atoms. The van der Waals surface area contributed by atoms with E-state index in [9.17, 15) is 9.36 Å². The van der Waals surface area contributed by atoms with E-state index in [0.29, 0.717) is 38.8 Å². The third-order valence-corrected chi connectivity index (χ3v) is 9.27. The van der Waals surface area contributed by atoms with Crippen molar-refractivity contribution in [3.8, 4) is 11.5 Å². The van der Waals surface area contributed by atoms with Crippen LogP contribution in [0, 0.1) is 11.8 Å². The minimum Gasteiger partial charge on any atom is -0.493 e. The molecule has 1 aromatic rings. The molecule has 3 fully saturated rings. The molecule has 194 valence electrons. The van der Waals surface area contributed by atoms with E-state index in [4.69, 9.17) is 18.5 Å². The number of amides is 2. The maximum atomic E-state index is 12.6. The van der Waals surface area contributed by atoms with Crippen LogP contribution in [0.4, 0.5) is 4.79 Å². The number of carbonyl (C=O) groups excluding carboxylic acids is 1. The normalized spacial score (nSPS) is 26.4. The molecule has 9 heteroatoms. The minimum atomic E-state index is -3.13. The molecule has 3 aliphatic rings. The molecule has 2 saturated carbocycles. The lowest BCUT2D eigenvalue weighted by molar-refractivity contribution is 0.133. The van der Waals surface area contributed by atoms with Gasteiger partial charge in [-0.1, -0.05) is 18.2 Å². The second kappa shape index (κ2) is 11.8. The Labute approximate surface area is 208 Å². The fourth-order valence-corrected chi connectivity index (χ4v) is 7.07. The summed E-state index contributed by atoms with van der Waals surface area (Å²) in [5.41, 5.74) is 1.12. The highest BCUT2D eigenvalue weighted by molar-refractivity contribution is 7.54. The first-order valence-electron chi connectivity index (χ1n) is 12.8. The van der Waals surface area contributed by atoms with Gasteiger partial charge in [-0.3, -0.25) is 4.57 Å². The molecule has 1 aromatic carbocycles. The number of hydrogen-bond acceptors (Lipinski definition) is 6. The molecular formula is C26H39N2O6P. The average molecular weight is 507 g/mol. The Morgan fingerprint density at radius 3 is 2.57 bits per heavy atom. The standard InChI is InChI=1S/C26H39N2O6P/c1-4-32-35(30,33-5-2)13-7-6-12-28-18-22(17-27-26(28)29)20-10-11-23(31-3)25(16-20)34-24-15-19-8-9-21(24)14-19/h6-7,10-11,16,19,21-22,24H,4-5,8-9,12-15,17-18H2,1-3H3,(H,27,29)/t19-,21+,22?,24+/m1/s1. The van der Waals surface area contributed by atoms with Gasteiger partial charge in [-0.2, -0.15) is 0 Å². The lowest BCUT2D eigenvalue weighted by Gasteiger charge is -2.33. The largest absolute Gasteiger partial charge is 0.493 e. The van der Waals surface area contributed by atoms with Crippen LogP contribution in [-0.4, -0.2) is 63.2 Å². The molecule has 1 heterocycles. The van der Waals surface area contributed by atoms with Crippen molar-refractivity contribution in [2.75, 3.05) is 46.1 Å². The maximum Gasteiger partial charge on any atom is 0.334 e. The van der Waals surface area contributed by atoms with E-state index in [1.807, 2.05) is 12.1 Å². The average Bonchev–Trinajstić information content (AvgIpc) is 3.47. The van der Waals surface area contributed by atoms with Crippen LogP contribution in [-0.2, 0) is 13.6 Å². The Morgan fingerprint density at radius 2 is 1.91 bits per heavy atom. The highest BCUT2D eigenvalue weighted by atomic mass is 31.2. The zero-order valence-corrected chi connectivity index (χ0v) is 22.0. The Balaban J connectivity index is 1.38. The fraction of sp³-hybridized carbons (Fsp3) is 0.654. The van der Waals surface area contributed by atoms with Gasteiger partial charge in [0.05, 0.1) is 26.5 Å². The van der Waals surface area contributed by atoms with E-state index in [-0.39, 0.29) is 24.2 Å². The number of urea groups is 1. The molecule has 4 rings (SSSR count). The summed E-state index contributed by atoms with van der Waals surface area (Å²) in [6.45, 7) is 5.83. The SMILES string of the molecule is CCOP(=O)(CC=CCN1CC(c2ccc(OC)c(O[C@H]3C[C@@H]4CC[C@H]3C4)c2)CNC1=O)OCC. The number of nitrogens with zero attached hydrogens (tertiary/aromatic N) is 1. The van der Waals surface area contributed by atoms with Gasteiger partial charge in [-0.05, 0) is 69.1 Å². The molecule has 1 aliphatic heterocycles. The Hall–Kier alpha value is -2.02. The van der Waals surface area contributed by atoms with Crippen molar-refractivity contribution in [3.63, 3.8) is 0 Å². The summed E-state index contributed by atoms with van der Waals surface area (Å²) < 4.78 is 35.3. The smallest absolute Gasteiger partial charge is 0.334 e. The number of allylic oxidation sites excluding steroid dienone is 1. The van der Waals surface area contributed by atoms with Crippen LogP contribution in [0.2, 0.25) is 0 Å². The van der Waals surface area contributed by atoms with Crippen LogP contribution in [0.15, 0.2) is 30.4 Å². The topological polar surface area (TPSA) is 86.3 Å². The zero-order chi connectivity index (χ0) is 24.8. The zero-order valence-electron chi connectivity index (χ0n) is 21.1. The molecule has 4 atom stereocenters. The molecule has 2 aliphatic carbocycles. The number of rotatable bonds is 12. The van der Waals surface area contributed by atoms with Crippen molar-refractivity contribution in [2.24, 2.45) is 11.8 Å². The van der Waals surface area contributed by atoms with E-state index < -0.39 is 7.60 Å². The van der Waals surface area contributed by atoms with Gasteiger partial charge < -0.3 is 28.7 Å². The molecule has 0 aromatic heterocycles. The first-order chi connectivity index (χ1) is 16.9. The summed E-state index contributed by atoms with van der Waals surface area (Å²) >= 11 is 0. The molecule has 1 N–H and O–H groups in total. The van der Waals surface area contributed by atoms with Gasteiger partial charge in [0, 0.05) is 25.6 Å². The van der Waals surface area contributed by atoms with E-state index in [0.717, 1.165) is 29.4 Å². The lowest BCUT2D eigenvalue weighted by atomic mass is 9.95. The van der Waals surface area contributed by atoms with E-state index in [1.165, 1.54) is 19.3 Å². The molecule has 35 heavy (non-hydrogen) atoms. The molecule has 0 radical (unpaired) electrons. The first-order valence-corrected chi connectivity index (χ1v) is 14.6. The first kappa shape index (κ1) is 26.1. The molecule has 2 amide bonds. The van der Waals surface area contributed by atoms with Crippen LogP contribution < -0.4 is 14.8 Å². The van der Waals surface area contributed by atoms with Gasteiger partial charge >= 0.3 is 13.6 Å². The van der Waals surface area contributed by atoms with Crippen molar-refractivity contribution in [2.45, 2.75) is 51.6 Å². The highest BCUT2D eigenvalue weighted by Crippen LogP contribution is 2.48. The second-order valence-electron chi connectivity index (χ2n) is 9.63. The van der Waals surface area contributed by atoms with Crippen molar-refractivity contribution in [3.05, 3.63) is 35.9 Å². The van der Waals surface area contributed by atoms with Crippen LogP contribution in [0.3, 0.4) is 0 Å². The summed E-state index contributed by atoms with van der Waals surface area (Å²) in [5.74, 6) is 3.15. The van der Waals surface area contributed by atoms with Crippen molar-refractivity contribution in [1.29, 1.82) is 0 Å². The molecule has 2 bridgehead atoms. The predicted octanol–water partition coefficient (Wildman–Crippen LogP) is 5.19. The van der Waals surface area contributed by atoms with Crippen LogP contribution in [0.5, 0.6) is 11.5 Å². The molecule has 8 nitrogen and oxygen atoms in total. The van der Waals surface area contributed by atoms with Crippen molar-refractivity contribution < 1.29 is 27.9 Å². The maximum absolute atomic E-state index is 12.6. The van der Waals surface area contributed by atoms with Gasteiger partial charge in [-0.25, -0.2) is 4.79 Å².